The lowest BCUT2D eigenvalue weighted by Gasteiger charge is -2.21. The molecule has 1 aromatic rings. The number of hydrogen-bond donors (Lipinski definition) is 1. The average molecular weight is 300 g/mol. The van der Waals surface area contributed by atoms with Gasteiger partial charge in [0, 0.05) is 18.2 Å². The van der Waals surface area contributed by atoms with Crippen molar-refractivity contribution in [2.45, 2.75) is 39.4 Å². The van der Waals surface area contributed by atoms with Crippen LogP contribution in [-0.4, -0.2) is 44.5 Å². The third-order valence-electron chi connectivity index (χ3n) is 3.87. The van der Waals surface area contributed by atoms with E-state index in [1.54, 1.807) is 0 Å². The SMILES string of the molecule is CCNCc1cc(CN(C)C2CCS(=O)(=O)C2)oc1C. The maximum absolute atomic E-state index is 11.5. The van der Waals surface area contributed by atoms with Crippen molar-refractivity contribution < 1.29 is 12.8 Å². The van der Waals surface area contributed by atoms with E-state index in [9.17, 15) is 8.42 Å². The lowest BCUT2D eigenvalue weighted by molar-refractivity contribution is 0.232. The third-order valence-corrected chi connectivity index (χ3v) is 5.62. The fraction of sp³-hybridized carbons (Fsp3) is 0.714. The number of hydrogen-bond acceptors (Lipinski definition) is 5. The monoisotopic (exact) mass is 300 g/mol. The van der Waals surface area contributed by atoms with E-state index in [4.69, 9.17) is 4.42 Å². The first-order valence-corrected chi connectivity index (χ1v) is 8.93. The fourth-order valence-electron chi connectivity index (χ4n) is 2.60. The predicted molar refractivity (Wildman–Crippen MR) is 79.4 cm³/mol. The molecule has 5 nitrogen and oxygen atoms in total. The van der Waals surface area contributed by atoms with E-state index in [1.807, 2.05) is 14.0 Å². The predicted octanol–water partition coefficient (Wildman–Crippen LogP) is 1.32. The highest BCUT2D eigenvalue weighted by atomic mass is 32.2. The van der Waals surface area contributed by atoms with Crippen LogP contribution in [0.2, 0.25) is 0 Å². The summed E-state index contributed by atoms with van der Waals surface area (Å²) in [6.45, 7) is 6.45. The van der Waals surface area contributed by atoms with Crippen LogP contribution in [0.1, 0.15) is 30.4 Å². The molecule has 0 bridgehead atoms. The number of nitrogens with zero attached hydrogens (tertiary/aromatic N) is 1. The van der Waals surface area contributed by atoms with E-state index >= 15 is 0 Å². The summed E-state index contributed by atoms with van der Waals surface area (Å²) in [5.74, 6) is 2.42. The lowest BCUT2D eigenvalue weighted by Crippen LogP contribution is -2.31. The van der Waals surface area contributed by atoms with Gasteiger partial charge in [0.05, 0.1) is 18.1 Å². The minimum absolute atomic E-state index is 0.114. The molecule has 1 fully saturated rings. The Morgan fingerprint density at radius 3 is 2.85 bits per heavy atom. The van der Waals surface area contributed by atoms with E-state index in [2.05, 4.69) is 23.2 Å². The third kappa shape index (κ3) is 3.84. The summed E-state index contributed by atoms with van der Waals surface area (Å²) < 4.78 is 28.8. The van der Waals surface area contributed by atoms with Gasteiger partial charge in [0.2, 0.25) is 0 Å². The second-order valence-electron chi connectivity index (χ2n) is 5.55. The Kier molecular flexibility index (Phi) is 4.88. The van der Waals surface area contributed by atoms with Gasteiger partial charge in [-0.3, -0.25) is 4.90 Å². The van der Waals surface area contributed by atoms with E-state index in [0.29, 0.717) is 12.3 Å². The Morgan fingerprint density at radius 2 is 2.25 bits per heavy atom. The normalized spacial score (nSPS) is 21.7. The van der Waals surface area contributed by atoms with Gasteiger partial charge in [0.25, 0.3) is 0 Å². The highest BCUT2D eigenvalue weighted by Crippen LogP contribution is 2.21. The molecule has 0 radical (unpaired) electrons. The second kappa shape index (κ2) is 6.28. The summed E-state index contributed by atoms with van der Waals surface area (Å²) in [5, 5.41) is 3.28. The van der Waals surface area contributed by atoms with E-state index in [-0.39, 0.29) is 11.8 Å². The molecule has 1 N–H and O–H groups in total. The number of aryl methyl sites for hydroxylation is 1. The minimum atomic E-state index is -2.83. The number of furan rings is 1. The Bertz CT molecular complexity index is 551. The first-order chi connectivity index (χ1) is 9.41. The molecular weight excluding hydrogens is 276 g/mol. The van der Waals surface area contributed by atoms with Crippen LogP contribution in [0.5, 0.6) is 0 Å². The van der Waals surface area contributed by atoms with Gasteiger partial charge in [-0.2, -0.15) is 0 Å². The second-order valence-corrected chi connectivity index (χ2v) is 7.78. The van der Waals surface area contributed by atoms with Crippen molar-refractivity contribution in [1.82, 2.24) is 10.2 Å². The molecule has 2 rings (SSSR count). The fourth-order valence-corrected chi connectivity index (χ4v) is 4.40. The first kappa shape index (κ1) is 15.5. The Balaban J connectivity index is 1.96. The van der Waals surface area contributed by atoms with Crippen molar-refractivity contribution >= 4 is 9.84 Å². The van der Waals surface area contributed by atoms with Gasteiger partial charge < -0.3 is 9.73 Å². The highest BCUT2D eigenvalue weighted by Gasteiger charge is 2.30. The molecule has 6 heteroatoms. The first-order valence-electron chi connectivity index (χ1n) is 7.11. The van der Waals surface area contributed by atoms with Gasteiger partial charge >= 0.3 is 0 Å². The number of nitrogens with one attached hydrogen (secondary N) is 1. The molecular formula is C14H24N2O3S. The number of rotatable bonds is 6. The lowest BCUT2D eigenvalue weighted by atomic mass is 10.2. The molecule has 1 atom stereocenters. The standard InChI is InChI=1S/C14H24N2O3S/c1-4-15-8-12-7-14(19-11(12)2)9-16(3)13-5-6-20(17,18)10-13/h7,13,15H,4-6,8-10H2,1-3H3. The zero-order chi connectivity index (χ0) is 14.8. The molecule has 1 aromatic heterocycles. The van der Waals surface area contributed by atoms with Crippen LogP contribution in [0, 0.1) is 6.92 Å². The van der Waals surface area contributed by atoms with E-state index in [0.717, 1.165) is 31.0 Å². The highest BCUT2D eigenvalue weighted by molar-refractivity contribution is 7.91. The molecule has 1 unspecified atom stereocenters. The Hall–Kier alpha value is -0.850. The van der Waals surface area contributed by atoms with E-state index < -0.39 is 9.84 Å². The minimum Gasteiger partial charge on any atom is -0.465 e. The summed E-state index contributed by atoms with van der Waals surface area (Å²) in [6, 6.07) is 2.18. The molecule has 0 aromatic carbocycles. The Morgan fingerprint density at radius 1 is 1.50 bits per heavy atom. The van der Waals surface area contributed by atoms with Crippen molar-refractivity contribution in [1.29, 1.82) is 0 Å². The molecule has 0 aliphatic carbocycles. The zero-order valence-electron chi connectivity index (χ0n) is 12.5. The summed E-state index contributed by atoms with van der Waals surface area (Å²) in [5.41, 5.74) is 1.18. The van der Waals surface area contributed by atoms with Gasteiger partial charge in [0.15, 0.2) is 9.84 Å². The number of sulfone groups is 1. The van der Waals surface area contributed by atoms with Crippen LogP contribution in [0.25, 0.3) is 0 Å². The van der Waals surface area contributed by atoms with Crippen molar-refractivity contribution in [3.8, 4) is 0 Å². The molecule has 0 amide bonds. The molecule has 1 saturated heterocycles. The van der Waals surface area contributed by atoms with Gasteiger partial charge in [-0.25, -0.2) is 8.42 Å². The molecule has 2 heterocycles. The molecule has 0 spiro atoms. The smallest absolute Gasteiger partial charge is 0.151 e. The van der Waals surface area contributed by atoms with Crippen LogP contribution in [0.15, 0.2) is 10.5 Å². The van der Waals surface area contributed by atoms with Crippen LogP contribution in [-0.2, 0) is 22.9 Å². The molecule has 1 aliphatic rings. The van der Waals surface area contributed by atoms with Crippen LogP contribution < -0.4 is 5.32 Å². The molecule has 114 valence electrons. The van der Waals surface area contributed by atoms with Crippen molar-refractivity contribution in [3.05, 3.63) is 23.2 Å². The van der Waals surface area contributed by atoms with Gasteiger partial charge in [-0.1, -0.05) is 6.92 Å². The zero-order valence-corrected chi connectivity index (χ0v) is 13.3. The molecule has 1 aliphatic heterocycles. The van der Waals surface area contributed by atoms with Crippen molar-refractivity contribution in [2.75, 3.05) is 25.1 Å². The van der Waals surface area contributed by atoms with Gasteiger partial charge in [0.1, 0.15) is 11.5 Å². The van der Waals surface area contributed by atoms with Crippen molar-refractivity contribution in [2.24, 2.45) is 0 Å². The maximum Gasteiger partial charge on any atom is 0.151 e. The summed E-state index contributed by atoms with van der Waals surface area (Å²) in [7, 11) is -0.864. The maximum atomic E-state index is 11.5. The molecule has 20 heavy (non-hydrogen) atoms. The van der Waals surface area contributed by atoms with Crippen LogP contribution in [0.3, 0.4) is 0 Å². The topological polar surface area (TPSA) is 62.6 Å². The quantitative estimate of drug-likeness (QED) is 0.858. The van der Waals surface area contributed by atoms with Crippen LogP contribution >= 0.6 is 0 Å². The van der Waals surface area contributed by atoms with Crippen LogP contribution in [0.4, 0.5) is 0 Å². The average Bonchev–Trinajstić information content (AvgIpc) is 2.90. The van der Waals surface area contributed by atoms with Gasteiger partial charge in [-0.15, -0.1) is 0 Å². The largest absolute Gasteiger partial charge is 0.465 e. The summed E-state index contributed by atoms with van der Waals surface area (Å²) >= 11 is 0. The van der Waals surface area contributed by atoms with E-state index in [1.165, 1.54) is 5.56 Å². The summed E-state index contributed by atoms with van der Waals surface area (Å²) in [6.07, 6.45) is 0.725. The van der Waals surface area contributed by atoms with Crippen molar-refractivity contribution in [3.63, 3.8) is 0 Å². The van der Waals surface area contributed by atoms with Gasteiger partial charge in [-0.05, 0) is 33.0 Å². The Labute approximate surface area is 121 Å². The molecule has 0 saturated carbocycles. The summed E-state index contributed by atoms with van der Waals surface area (Å²) in [4.78, 5) is 2.08.